The van der Waals surface area contributed by atoms with Crippen molar-refractivity contribution in [1.82, 2.24) is 19.5 Å². The number of hydrogen-bond donors (Lipinski definition) is 3. The fourth-order valence-electron chi connectivity index (χ4n) is 3.34. The van der Waals surface area contributed by atoms with Gasteiger partial charge in [0.05, 0.1) is 6.04 Å². The van der Waals surface area contributed by atoms with Crippen molar-refractivity contribution in [2.24, 2.45) is 0 Å². The molecule has 1 aliphatic heterocycles. The third-order valence-electron chi connectivity index (χ3n) is 4.92. The lowest BCUT2D eigenvalue weighted by molar-refractivity contribution is -0.144. The first-order valence-electron chi connectivity index (χ1n) is 9.27. The number of ether oxygens (including phenoxy) is 1. The van der Waals surface area contributed by atoms with Gasteiger partial charge in [-0.1, -0.05) is 18.2 Å². The van der Waals surface area contributed by atoms with Crippen molar-refractivity contribution in [3.63, 3.8) is 0 Å². The maximum atomic E-state index is 14.5. The van der Waals surface area contributed by atoms with Crippen molar-refractivity contribution in [3.8, 4) is 0 Å². The van der Waals surface area contributed by atoms with Crippen LogP contribution in [-0.2, 0) is 10.9 Å². The molecule has 1 fully saturated rings. The molecule has 0 radical (unpaired) electrons. The van der Waals surface area contributed by atoms with Gasteiger partial charge in [0.15, 0.2) is 35.0 Å². The zero-order valence-electron chi connectivity index (χ0n) is 16.3. The Kier molecular flexibility index (Phi) is 5.36. The Labute approximate surface area is 177 Å². The van der Waals surface area contributed by atoms with Gasteiger partial charge in [0.25, 0.3) is 0 Å². The van der Waals surface area contributed by atoms with E-state index in [0.29, 0.717) is 6.26 Å². The van der Waals surface area contributed by atoms with Crippen molar-refractivity contribution in [1.29, 1.82) is 0 Å². The van der Waals surface area contributed by atoms with Crippen LogP contribution in [0, 0.1) is 5.82 Å². The van der Waals surface area contributed by atoms with E-state index >= 15 is 0 Å². The number of fused-ring (bicyclic) bond motifs is 1. The number of aliphatic hydroxyl groups is 2. The zero-order valence-corrected chi connectivity index (χ0v) is 16.3. The van der Waals surface area contributed by atoms with Crippen LogP contribution in [0.15, 0.2) is 42.6 Å². The number of rotatable bonds is 4. The largest absolute Gasteiger partial charge is 0.512 e. The summed E-state index contributed by atoms with van der Waals surface area (Å²) < 4.78 is 75.0. The summed E-state index contributed by atoms with van der Waals surface area (Å²) in [5.74, 6) is -2.97. The maximum Gasteiger partial charge on any atom is 0.451 e. The Morgan fingerprint density at radius 3 is 2.59 bits per heavy atom. The van der Waals surface area contributed by atoms with Crippen LogP contribution < -0.4 is 5.32 Å². The van der Waals surface area contributed by atoms with Crippen molar-refractivity contribution in [3.05, 3.63) is 59.8 Å². The monoisotopic (exact) mass is 457 g/mol. The molecule has 0 amide bonds. The minimum absolute atomic E-state index is 0.159. The van der Waals surface area contributed by atoms with Gasteiger partial charge in [0.2, 0.25) is 12.1 Å². The van der Waals surface area contributed by atoms with E-state index in [2.05, 4.69) is 20.3 Å². The normalized spacial score (nSPS) is 23.5. The van der Waals surface area contributed by atoms with Crippen LogP contribution in [0.5, 0.6) is 0 Å². The molecule has 0 spiro atoms. The fraction of sp³-hybridized carbons (Fsp3) is 0.316. The Hall–Kier alpha value is -3.48. The van der Waals surface area contributed by atoms with Gasteiger partial charge in [-0.3, -0.25) is 4.57 Å². The van der Waals surface area contributed by atoms with E-state index in [0.717, 1.165) is 10.9 Å². The molecule has 0 bridgehead atoms. The van der Waals surface area contributed by atoms with Crippen molar-refractivity contribution < 1.29 is 36.9 Å². The Balaban J connectivity index is 1.81. The SMILES string of the molecule is C[C@@H](Nc1nc(C(F)(F)F)nc2c1ncn2[C@@H]1O/C(=C/O)[C@@H](O)[C@@H]1F)c1ccccc1F. The maximum absolute atomic E-state index is 14.5. The second kappa shape index (κ2) is 7.89. The summed E-state index contributed by atoms with van der Waals surface area (Å²) >= 11 is 0. The minimum Gasteiger partial charge on any atom is -0.512 e. The molecule has 3 aromatic rings. The molecule has 1 saturated heterocycles. The summed E-state index contributed by atoms with van der Waals surface area (Å²) in [7, 11) is 0. The second-order valence-corrected chi connectivity index (χ2v) is 7.03. The van der Waals surface area contributed by atoms with Gasteiger partial charge in [0, 0.05) is 5.56 Å². The highest BCUT2D eigenvalue weighted by Gasteiger charge is 2.44. The van der Waals surface area contributed by atoms with Gasteiger partial charge in [-0.25, -0.2) is 23.7 Å². The summed E-state index contributed by atoms with van der Waals surface area (Å²) in [6.45, 7) is 1.52. The molecule has 1 aromatic carbocycles. The average Bonchev–Trinajstić information content (AvgIpc) is 3.29. The van der Waals surface area contributed by atoms with E-state index in [9.17, 15) is 27.1 Å². The highest BCUT2D eigenvalue weighted by Crippen LogP contribution is 2.37. The molecule has 8 nitrogen and oxygen atoms in total. The van der Waals surface area contributed by atoms with Crippen LogP contribution >= 0.6 is 0 Å². The third kappa shape index (κ3) is 3.68. The van der Waals surface area contributed by atoms with E-state index in [1.807, 2.05) is 0 Å². The molecule has 0 aliphatic carbocycles. The number of imidazole rings is 1. The van der Waals surface area contributed by atoms with Gasteiger partial charge in [-0.05, 0) is 13.0 Å². The van der Waals surface area contributed by atoms with Gasteiger partial charge in [-0.2, -0.15) is 13.2 Å². The number of halogens is 5. The molecular formula is C19H16F5N5O3. The smallest absolute Gasteiger partial charge is 0.451 e. The Morgan fingerprint density at radius 2 is 1.97 bits per heavy atom. The van der Waals surface area contributed by atoms with Crippen LogP contribution in [-0.4, -0.2) is 42.0 Å². The molecule has 0 saturated carbocycles. The van der Waals surface area contributed by atoms with Gasteiger partial charge >= 0.3 is 6.18 Å². The average molecular weight is 457 g/mol. The van der Waals surface area contributed by atoms with Gasteiger partial charge < -0.3 is 20.3 Å². The number of aromatic nitrogens is 4. The summed E-state index contributed by atoms with van der Waals surface area (Å²) in [5.41, 5.74) is -0.418. The first-order chi connectivity index (χ1) is 15.1. The number of anilines is 1. The molecule has 3 N–H and O–H groups in total. The highest BCUT2D eigenvalue weighted by atomic mass is 19.4. The lowest BCUT2D eigenvalue weighted by Gasteiger charge is -2.18. The van der Waals surface area contributed by atoms with E-state index in [1.54, 1.807) is 6.07 Å². The molecule has 4 atom stereocenters. The topological polar surface area (TPSA) is 105 Å². The molecule has 1 aliphatic rings. The highest BCUT2D eigenvalue weighted by molar-refractivity contribution is 5.83. The zero-order chi connectivity index (χ0) is 23.2. The van der Waals surface area contributed by atoms with E-state index < -0.39 is 53.8 Å². The molecule has 32 heavy (non-hydrogen) atoms. The van der Waals surface area contributed by atoms with Gasteiger partial charge in [0.1, 0.15) is 18.4 Å². The molecule has 3 heterocycles. The number of aliphatic hydroxyl groups excluding tert-OH is 2. The predicted molar refractivity (Wildman–Crippen MR) is 100 cm³/mol. The molecule has 170 valence electrons. The Morgan fingerprint density at radius 1 is 1.25 bits per heavy atom. The summed E-state index contributed by atoms with van der Waals surface area (Å²) in [6.07, 6.45) is -9.21. The molecule has 0 unspecified atom stereocenters. The van der Waals surface area contributed by atoms with E-state index in [4.69, 9.17) is 9.84 Å². The van der Waals surface area contributed by atoms with Crippen LogP contribution in [0.4, 0.5) is 27.8 Å². The second-order valence-electron chi connectivity index (χ2n) is 7.03. The van der Waals surface area contributed by atoms with Gasteiger partial charge in [-0.15, -0.1) is 0 Å². The number of nitrogens with one attached hydrogen (secondary N) is 1. The van der Waals surface area contributed by atoms with Crippen LogP contribution in [0.25, 0.3) is 11.2 Å². The van der Waals surface area contributed by atoms with E-state index in [1.165, 1.54) is 25.1 Å². The quantitative estimate of drug-likeness (QED) is 0.405. The van der Waals surface area contributed by atoms with Crippen LogP contribution in [0.3, 0.4) is 0 Å². The van der Waals surface area contributed by atoms with E-state index in [-0.39, 0.29) is 16.9 Å². The standard InChI is InChI=1S/C19H16F5N5O3/c1-8(9-4-2-3-5-10(9)20)26-15-13-16(28-18(27-15)19(22,23)24)29(7-25-13)17-12(21)14(31)11(6-30)32-17/h2-8,12,14,17,30-31H,1H3,(H,26,27,28)/b11-6+/t8-,12+,14-,17-/m1/s1. The molecule has 4 rings (SSSR count). The molecule has 2 aromatic heterocycles. The lowest BCUT2D eigenvalue weighted by atomic mass is 10.1. The number of nitrogens with zero attached hydrogens (tertiary/aromatic N) is 4. The first-order valence-corrected chi connectivity index (χ1v) is 9.27. The third-order valence-corrected chi connectivity index (χ3v) is 4.92. The van der Waals surface area contributed by atoms with Crippen molar-refractivity contribution in [2.75, 3.05) is 5.32 Å². The van der Waals surface area contributed by atoms with Crippen LogP contribution in [0.1, 0.15) is 30.6 Å². The summed E-state index contributed by atoms with van der Waals surface area (Å²) in [4.78, 5) is 10.9. The summed E-state index contributed by atoms with van der Waals surface area (Å²) in [6, 6.07) is 4.89. The fourth-order valence-corrected chi connectivity index (χ4v) is 3.34. The van der Waals surface area contributed by atoms with Crippen molar-refractivity contribution in [2.45, 2.75) is 37.6 Å². The number of benzene rings is 1. The Bertz CT molecular complexity index is 1180. The predicted octanol–water partition coefficient (Wildman–Crippen LogP) is 3.78. The summed E-state index contributed by atoms with van der Waals surface area (Å²) in [5, 5.41) is 21.5. The van der Waals surface area contributed by atoms with Crippen molar-refractivity contribution >= 4 is 17.0 Å². The lowest BCUT2D eigenvalue weighted by Crippen LogP contribution is -2.24. The first kappa shape index (κ1) is 21.7. The molecule has 13 heteroatoms. The van der Waals surface area contributed by atoms with Crippen LogP contribution in [0.2, 0.25) is 0 Å². The number of alkyl halides is 4. The molecular weight excluding hydrogens is 441 g/mol. The number of hydrogen-bond acceptors (Lipinski definition) is 7. The minimum atomic E-state index is -4.96.